The lowest BCUT2D eigenvalue weighted by molar-refractivity contribution is 0.376. The highest BCUT2D eigenvalue weighted by atomic mass is 16.5. The molecule has 0 spiro atoms. The van der Waals surface area contributed by atoms with Gasteiger partial charge < -0.3 is 15.8 Å². The second-order valence-electron chi connectivity index (χ2n) is 4.49. The third-order valence-electron chi connectivity index (χ3n) is 3.22. The Kier molecular flexibility index (Phi) is 3.67. The Hall–Kier alpha value is -1.22. The molecule has 1 aromatic carbocycles. The van der Waals surface area contributed by atoms with Gasteiger partial charge in [-0.3, -0.25) is 0 Å². The highest BCUT2D eigenvalue weighted by Crippen LogP contribution is 2.24. The predicted octanol–water partition coefficient (Wildman–Crippen LogP) is 1.82. The lowest BCUT2D eigenvalue weighted by atomic mass is 9.92. The van der Waals surface area contributed by atoms with Crippen LogP contribution in [-0.4, -0.2) is 20.2 Å². The fourth-order valence-electron chi connectivity index (χ4n) is 2.34. The van der Waals surface area contributed by atoms with E-state index in [4.69, 9.17) is 10.5 Å². The van der Waals surface area contributed by atoms with Crippen LogP contribution in [0.2, 0.25) is 0 Å². The Morgan fingerprint density at radius 3 is 3.00 bits per heavy atom. The lowest BCUT2D eigenvalue weighted by Crippen LogP contribution is -2.30. The minimum Gasteiger partial charge on any atom is -0.495 e. The van der Waals surface area contributed by atoms with Crippen LogP contribution in [0.25, 0.3) is 0 Å². The molecular formula is C13H20N2O. The van der Waals surface area contributed by atoms with Crippen molar-refractivity contribution in [2.75, 3.05) is 25.9 Å². The monoisotopic (exact) mass is 220 g/mol. The number of anilines is 1. The third-order valence-corrected chi connectivity index (χ3v) is 3.22. The van der Waals surface area contributed by atoms with Gasteiger partial charge in [-0.1, -0.05) is 6.07 Å². The third kappa shape index (κ3) is 2.67. The second kappa shape index (κ2) is 5.21. The molecule has 1 aliphatic rings. The molecule has 0 aromatic heterocycles. The summed E-state index contributed by atoms with van der Waals surface area (Å²) in [6.45, 7) is 2.30. The first-order valence-corrected chi connectivity index (χ1v) is 5.92. The van der Waals surface area contributed by atoms with Crippen LogP contribution in [0.4, 0.5) is 5.69 Å². The number of hydrogen-bond donors (Lipinski definition) is 2. The average Bonchev–Trinajstić information content (AvgIpc) is 2.31. The van der Waals surface area contributed by atoms with E-state index in [1.54, 1.807) is 7.11 Å². The summed E-state index contributed by atoms with van der Waals surface area (Å²) in [7, 11) is 1.65. The van der Waals surface area contributed by atoms with Gasteiger partial charge in [-0.15, -0.1) is 0 Å². The molecule has 0 amide bonds. The number of piperidine rings is 1. The zero-order chi connectivity index (χ0) is 11.4. The Morgan fingerprint density at radius 2 is 2.38 bits per heavy atom. The molecule has 1 fully saturated rings. The molecule has 0 aliphatic carbocycles. The van der Waals surface area contributed by atoms with Crippen molar-refractivity contribution in [3.8, 4) is 5.75 Å². The van der Waals surface area contributed by atoms with E-state index in [0.717, 1.165) is 30.3 Å². The molecule has 16 heavy (non-hydrogen) atoms. The molecule has 1 atom stereocenters. The summed E-state index contributed by atoms with van der Waals surface area (Å²) in [5.41, 5.74) is 7.95. The summed E-state index contributed by atoms with van der Waals surface area (Å²) in [6.07, 6.45) is 3.72. The molecule has 1 aliphatic heterocycles. The second-order valence-corrected chi connectivity index (χ2v) is 4.49. The van der Waals surface area contributed by atoms with Crippen LogP contribution in [0, 0.1) is 5.92 Å². The fraction of sp³-hybridized carbons (Fsp3) is 0.538. The SMILES string of the molecule is COc1ccc(CC2CCCNC2)cc1N. The topological polar surface area (TPSA) is 47.3 Å². The van der Waals surface area contributed by atoms with Crippen molar-refractivity contribution >= 4 is 5.69 Å². The standard InChI is InChI=1S/C13H20N2O/c1-16-13-5-4-10(8-12(13)14)7-11-3-2-6-15-9-11/h4-5,8,11,15H,2-3,6-7,9,14H2,1H3. The minimum atomic E-state index is 0.740. The van der Waals surface area contributed by atoms with Gasteiger partial charge >= 0.3 is 0 Å². The van der Waals surface area contributed by atoms with Crippen molar-refractivity contribution in [1.82, 2.24) is 5.32 Å². The maximum atomic E-state index is 5.90. The highest BCUT2D eigenvalue weighted by molar-refractivity contribution is 5.54. The van der Waals surface area contributed by atoms with Crippen molar-refractivity contribution in [3.63, 3.8) is 0 Å². The van der Waals surface area contributed by atoms with Gasteiger partial charge in [0, 0.05) is 0 Å². The summed E-state index contributed by atoms with van der Waals surface area (Å²) in [5, 5.41) is 3.44. The molecule has 3 heteroatoms. The molecule has 3 N–H and O–H groups in total. The number of nitrogens with two attached hydrogens (primary N) is 1. The molecule has 3 nitrogen and oxygen atoms in total. The first-order valence-electron chi connectivity index (χ1n) is 5.92. The Morgan fingerprint density at radius 1 is 1.50 bits per heavy atom. The van der Waals surface area contributed by atoms with E-state index in [1.165, 1.54) is 24.9 Å². The van der Waals surface area contributed by atoms with Gasteiger partial charge in [-0.2, -0.15) is 0 Å². The van der Waals surface area contributed by atoms with E-state index < -0.39 is 0 Å². The zero-order valence-electron chi connectivity index (χ0n) is 9.83. The Bertz CT molecular complexity index is 346. The van der Waals surface area contributed by atoms with Crippen LogP contribution in [0.3, 0.4) is 0 Å². The van der Waals surface area contributed by atoms with Crippen LogP contribution in [0.1, 0.15) is 18.4 Å². The fourth-order valence-corrected chi connectivity index (χ4v) is 2.34. The molecule has 88 valence electrons. The van der Waals surface area contributed by atoms with Crippen molar-refractivity contribution in [2.45, 2.75) is 19.3 Å². The van der Waals surface area contributed by atoms with E-state index in [2.05, 4.69) is 11.4 Å². The molecule has 2 rings (SSSR count). The van der Waals surface area contributed by atoms with Gasteiger partial charge in [0.2, 0.25) is 0 Å². The maximum Gasteiger partial charge on any atom is 0.141 e. The Balaban J connectivity index is 2.01. The quantitative estimate of drug-likeness (QED) is 0.764. The molecule has 1 aromatic rings. The van der Waals surface area contributed by atoms with Gasteiger partial charge in [-0.05, 0) is 56.0 Å². The summed E-state index contributed by atoms with van der Waals surface area (Å²) in [6, 6.07) is 6.11. The van der Waals surface area contributed by atoms with Gasteiger partial charge in [-0.25, -0.2) is 0 Å². The van der Waals surface area contributed by atoms with Gasteiger partial charge in [0.25, 0.3) is 0 Å². The molecular weight excluding hydrogens is 200 g/mol. The molecule has 0 saturated carbocycles. The number of hydrogen-bond acceptors (Lipinski definition) is 3. The molecule has 1 unspecified atom stereocenters. The van der Waals surface area contributed by atoms with Gasteiger partial charge in [0.1, 0.15) is 5.75 Å². The first-order chi connectivity index (χ1) is 7.79. The molecule has 1 saturated heterocycles. The van der Waals surface area contributed by atoms with Crippen LogP contribution >= 0.6 is 0 Å². The molecule has 0 bridgehead atoms. The number of nitrogens with one attached hydrogen (secondary N) is 1. The Labute approximate surface area is 97.0 Å². The van der Waals surface area contributed by atoms with E-state index in [-0.39, 0.29) is 0 Å². The average molecular weight is 220 g/mol. The van der Waals surface area contributed by atoms with Crippen molar-refractivity contribution < 1.29 is 4.74 Å². The van der Waals surface area contributed by atoms with E-state index >= 15 is 0 Å². The normalized spacial score (nSPS) is 20.7. The van der Waals surface area contributed by atoms with Crippen LogP contribution in [-0.2, 0) is 6.42 Å². The van der Waals surface area contributed by atoms with Crippen molar-refractivity contribution in [2.24, 2.45) is 5.92 Å². The van der Waals surface area contributed by atoms with Crippen LogP contribution < -0.4 is 15.8 Å². The zero-order valence-corrected chi connectivity index (χ0v) is 9.83. The van der Waals surface area contributed by atoms with Crippen molar-refractivity contribution in [1.29, 1.82) is 0 Å². The van der Waals surface area contributed by atoms with Crippen molar-refractivity contribution in [3.05, 3.63) is 23.8 Å². The summed E-state index contributed by atoms with van der Waals surface area (Å²) >= 11 is 0. The number of methoxy groups -OCH3 is 1. The predicted molar refractivity (Wildman–Crippen MR) is 66.7 cm³/mol. The maximum absolute atomic E-state index is 5.90. The summed E-state index contributed by atoms with van der Waals surface area (Å²) < 4.78 is 5.15. The number of rotatable bonds is 3. The lowest BCUT2D eigenvalue weighted by Gasteiger charge is -2.22. The number of nitrogen functional groups attached to an aromatic ring is 1. The minimum absolute atomic E-state index is 0.740. The smallest absolute Gasteiger partial charge is 0.141 e. The van der Waals surface area contributed by atoms with E-state index in [9.17, 15) is 0 Å². The van der Waals surface area contributed by atoms with E-state index in [1.807, 2.05) is 12.1 Å². The van der Waals surface area contributed by atoms with Crippen LogP contribution in [0.15, 0.2) is 18.2 Å². The first kappa shape index (κ1) is 11.3. The number of ether oxygens (including phenoxy) is 1. The van der Waals surface area contributed by atoms with Crippen LogP contribution in [0.5, 0.6) is 5.75 Å². The highest BCUT2D eigenvalue weighted by Gasteiger charge is 2.13. The molecule has 1 heterocycles. The number of benzene rings is 1. The molecule has 0 radical (unpaired) electrons. The largest absolute Gasteiger partial charge is 0.495 e. The summed E-state index contributed by atoms with van der Waals surface area (Å²) in [5.74, 6) is 1.52. The summed E-state index contributed by atoms with van der Waals surface area (Å²) in [4.78, 5) is 0. The van der Waals surface area contributed by atoms with E-state index in [0.29, 0.717) is 0 Å². The van der Waals surface area contributed by atoms with Gasteiger partial charge in [0.15, 0.2) is 0 Å². The van der Waals surface area contributed by atoms with Gasteiger partial charge in [0.05, 0.1) is 12.8 Å².